The van der Waals surface area contributed by atoms with Crippen molar-refractivity contribution in [2.75, 3.05) is 10.6 Å². The summed E-state index contributed by atoms with van der Waals surface area (Å²) < 4.78 is 37.0. The van der Waals surface area contributed by atoms with Gasteiger partial charge in [0.05, 0.1) is 30.6 Å². The second-order valence-electron chi connectivity index (χ2n) is 9.79. The lowest BCUT2D eigenvalue weighted by Gasteiger charge is -2.13. The second-order valence-corrected chi connectivity index (χ2v) is 9.79. The molecule has 0 saturated carbocycles. The molecule has 0 radical (unpaired) electrons. The van der Waals surface area contributed by atoms with E-state index in [2.05, 4.69) is 25.6 Å². The number of nitrogens with one attached hydrogen (secondary N) is 3. The lowest BCUT2D eigenvalue weighted by molar-refractivity contribution is -0.111. The molecule has 0 unspecified atom stereocenters. The number of nitrogens with zero attached hydrogens (tertiary/aromatic N) is 4. The normalized spacial score (nSPS) is 11.2. The van der Waals surface area contributed by atoms with E-state index >= 15 is 4.39 Å². The molecule has 0 aliphatic heterocycles. The molecular formula is C32H23F2N7O4. The monoisotopic (exact) mass is 607 g/mol. The Labute approximate surface area is 253 Å². The van der Waals surface area contributed by atoms with Crippen LogP contribution in [0.2, 0.25) is 0 Å². The van der Waals surface area contributed by atoms with Gasteiger partial charge < -0.3 is 24.8 Å². The molecule has 2 amide bonds. The molecule has 6 aromatic rings. The largest absolute Gasteiger partial charge is 0.453 e. The third kappa shape index (κ3) is 6.37. The molecular weight excluding hydrogens is 584 g/mol. The van der Waals surface area contributed by atoms with E-state index in [0.717, 1.165) is 6.07 Å². The van der Waals surface area contributed by atoms with Crippen LogP contribution in [0.4, 0.5) is 20.3 Å². The number of fused-ring (bicyclic) bond motifs is 1. The van der Waals surface area contributed by atoms with E-state index in [9.17, 15) is 18.8 Å². The number of pyridine rings is 2. The van der Waals surface area contributed by atoms with E-state index < -0.39 is 23.1 Å². The summed E-state index contributed by atoms with van der Waals surface area (Å²) in [6, 6.07) is 15.3. The van der Waals surface area contributed by atoms with Crippen LogP contribution in [-0.4, -0.2) is 35.7 Å². The van der Waals surface area contributed by atoms with Crippen LogP contribution in [0.15, 0.2) is 103 Å². The standard InChI is InChI=1S/C32H23F2N7O4/c1-19-2-10-25(32(44)41(19)23-7-3-20(33)4-8-23)31(43)37-21-5-11-27(26(34)14-21)45-24-9-12-29-38-28(17-40(29)16-24)39-30(42)13-6-22-15-35-18-36-22/h2-18H,1H3,(H,35,36)(H,37,43)(H,39,42)/b13-6+. The van der Waals surface area contributed by atoms with Crippen LogP contribution < -0.4 is 20.9 Å². The van der Waals surface area contributed by atoms with Crippen molar-refractivity contribution >= 4 is 35.0 Å². The summed E-state index contributed by atoms with van der Waals surface area (Å²) in [6.07, 6.45) is 9.13. The molecule has 13 heteroatoms. The fourth-order valence-electron chi connectivity index (χ4n) is 4.48. The number of carbonyl (C=O) groups excluding carboxylic acids is 2. The van der Waals surface area contributed by atoms with Crippen molar-refractivity contribution in [3.63, 3.8) is 0 Å². The average Bonchev–Trinajstić information content (AvgIpc) is 3.68. The smallest absolute Gasteiger partial charge is 0.268 e. The van der Waals surface area contributed by atoms with Crippen LogP contribution >= 0.6 is 0 Å². The lowest BCUT2D eigenvalue weighted by atomic mass is 10.2. The minimum absolute atomic E-state index is 0.102. The van der Waals surface area contributed by atoms with Gasteiger partial charge in [0.25, 0.3) is 11.5 Å². The number of hydrogen-bond donors (Lipinski definition) is 3. The highest BCUT2D eigenvalue weighted by molar-refractivity contribution is 6.04. The number of H-pyrrole nitrogens is 1. The number of ether oxygens (including phenoxy) is 1. The highest BCUT2D eigenvalue weighted by Crippen LogP contribution is 2.27. The number of imidazole rings is 2. The van der Waals surface area contributed by atoms with Crippen LogP contribution in [0, 0.1) is 18.6 Å². The van der Waals surface area contributed by atoms with Crippen LogP contribution in [0.1, 0.15) is 21.7 Å². The van der Waals surface area contributed by atoms with E-state index in [1.807, 2.05) is 0 Å². The molecule has 11 nitrogen and oxygen atoms in total. The van der Waals surface area contributed by atoms with Crippen molar-refractivity contribution in [1.82, 2.24) is 23.9 Å². The second kappa shape index (κ2) is 12.1. The number of amides is 2. The first-order chi connectivity index (χ1) is 21.7. The van der Waals surface area contributed by atoms with Gasteiger partial charge in [0, 0.05) is 29.2 Å². The molecule has 0 spiro atoms. The number of halogens is 2. The number of aromatic nitrogens is 5. The molecule has 4 aromatic heterocycles. The molecule has 0 fully saturated rings. The topological polar surface area (TPSA) is 135 Å². The number of aromatic amines is 1. The third-order valence-electron chi connectivity index (χ3n) is 6.63. The Kier molecular flexibility index (Phi) is 7.72. The summed E-state index contributed by atoms with van der Waals surface area (Å²) in [4.78, 5) is 49.4. The highest BCUT2D eigenvalue weighted by Gasteiger charge is 2.17. The molecule has 2 aromatic carbocycles. The van der Waals surface area contributed by atoms with Crippen molar-refractivity contribution in [3.05, 3.63) is 137 Å². The van der Waals surface area contributed by atoms with Crippen molar-refractivity contribution in [1.29, 1.82) is 0 Å². The Hall–Kier alpha value is -6.37. The van der Waals surface area contributed by atoms with Crippen LogP contribution in [0.3, 0.4) is 0 Å². The van der Waals surface area contributed by atoms with Gasteiger partial charge in [0.1, 0.15) is 22.8 Å². The minimum Gasteiger partial charge on any atom is -0.453 e. The number of aryl methyl sites for hydroxylation is 1. The van der Waals surface area contributed by atoms with Crippen LogP contribution in [0.5, 0.6) is 11.5 Å². The van der Waals surface area contributed by atoms with Gasteiger partial charge in [-0.05, 0) is 73.7 Å². The summed E-state index contributed by atoms with van der Waals surface area (Å²) >= 11 is 0. The summed E-state index contributed by atoms with van der Waals surface area (Å²) in [6.45, 7) is 1.69. The highest BCUT2D eigenvalue weighted by atomic mass is 19.1. The van der Waals surface area contributed by atoms with Gasteiger partial charge in [-0.1, -0.05) is 0 Å². The van der Waals surface area contributed by atoms with Crippen molar-refractivity contribution in [2.24, 2.45) is 0 Å². The number of carbonyl (C=O) groups is 2. The van der Waals surface area contributed by atoms with Gasteiger partial charge in [0.2, 0.25) is 5.91 Å². The minimum atomic E-state index is -0.761. The molecule has 224 valence electrons. The first kappa shape index (κ1) is 28.7. The predicted octanol–water partition coefficient (Wildman–Crippen LogP) is 5.49. The zero-order valence-electron chi connectivity index (χ0n) is 23.5. The van der Waals surface area contributed by atoms with E-state index in [1.165, 1.54) is 59.4 Å². The van der Waals surface area contributed by atoms with Crippen LogP contribution in [0.25, 0.3) is 17.4 Å². The zero-order valence-corrected chi connectivity index (χ0v) is 23.5. The predicted molar refractivity (Wildman–Crippen MR) is 163 cm³/mol. The molecule has 6 rings (SSSR count). The molecule has 3 N–H and O–H groups in total. The fourth-order valence-corrected chi connectivity index (χ4v) is 4.48. The first-order valence-electron chi connectivity index (χ1n) is 13.5. The number of rotatable bonds is 8. The average molecular weight is 608 g/mol. The molecule has 0 aliphatic carbocycles. The molecule has 0 bridgehead atoms. The molecule has 0 saturated heterocycles. The fraction of sp³-hybridized carbons (Fsp3) is 0.0312. The van der Waals surface area contributed by atoms with Crippen molar-refractivity contribution in [2.45, 2.75) is 6.92 Å². The Morgan fingerprint density at radius 1 is 0.978 bits per heavy atom. The summed E-state index contributed by atoms with van der Waals surface area (Å²) in [7, 11) is 0. The Balaban J connectivity index is 1.14. The van der Waals surface area contributed by atoms with Crippen molar-refractivity contribution in [3.8, 4) is 17.2 Å². The van der Waals surface area contributed by atoms with Gasteiger partial charge in [-0.25, -0.2) is 18.7 Å². The Morgan fingerprint density at radius 3 is 2.56 bits per heavy atom. The van der Waals surface area contributed by atoms with Gasteiger partial charge >= 0.3 is 0 Å². The van der Waals surface area contributed by atoms with Crippen molar-refractivity contribution < 1.29 is 23.1 Å². The number of benzene rings is 2. The van der Waals surface area contributed by atoms with Crippen LogP contribution in [-0.2, 0) is 4.79 Å². The Morgan fingerprint density at radius 2 is 1.80 bits per heavy atom. The molecule has 0 aliphatic rings. The van der Waals surface area contributed by atoms with Gasteiger partial charge in [-0.15, -0.1) is 0 Å². The van der Waals surface area contributed by atoms with Gasteiger partial charge in [0.15, 0.2) is 17.4 Å². The molecule has 0 atom stereocenters. The maximum Gasteiger partial charge on any atom is 0.268 e. The first-order valence-corrected chi connectivity index (χ1v) is 13.5. The van der Waals surface area contributed by atoms with E-state index in [-0.39, 0.29) is 28.7 Å². The quantitative estimate of drug-likeness (QED) is 0.196. The van der Waals surface area contributed by atoms with Gasteiger partial charge in [-0.2, -0.15) is 0 Å². The maximum atomic E-state index is 15.0. The lowest BCUT2D eigenvalue weighted by Crippen LogP contribution is -2.29. The number of hydrogen-bond acceptors (Lipinski definition) is 6. The third-order valence-corrected chi connectivity index (χ3v) is 6.63. The van der Waals surface area contributed by atoms with E-state index in [0.29, 0.717) is 28.5 Å². The van der Waals surface area contributed by atoms with E-state index in [1.54, 1.807) is 54.2 Å². The zero-order chi connectivity index (χ0) is 31.5. The Bertz CT molecular complexity index is 2140. The maximum absolute atomic E-state index is 15.0. The molecule has 45 heavy (non-hydrogen) atoms. The SMILES string of the molecule is Cc1ccc(C(=O)Nc2ccc(Oc3ccc4nc(NC(=O)/C=C/c5cnc[nH]5)cn4c3)c(F)c2)c(=O)n1-c1ccc(F)cc1. The van der Waals surface area contributed by atoms with E-state index in [4.69, 9.17) is 4.74 Å². The summed E-state index contributed by atoms with van der Waals surface area (Å²) in [5.74, 6) is -1.87. The molecule has 4 heterocycles. The van der Waals surface area contributed by atoms with Gasteiger partial charge in [-0.3, -0.25) is 19.0 Å². The summed E-state index contributed by atoms with van der Waals surface area (Å²) in [5.41, 5.74) is 1.45. The number of anilines is 2. The summed E-state index contributed by atoms with van der Waals surface area (Å²) in [5, 5.41) is 5.20.